The molecule has 1 aliphatic heterocycles. The smallest absolute Gasteiger partial charge is 0.245 e. The van der Waals surface area contributed by atoms with Gasteiger partial charge in [-0.2, -0.15) is 4.31 Å². The van der Waals surface area contributed by atoms with Gasteiger partial charge in [0.05, 0.1) is 0 Å². The number of anilines is 1. The summed E-state index contributed by atoms with van der Waals surface area (Å²) >= 11 is 0. The largest absolute Gasteiger partial charge is 0.326 e. The molecule has 1 amide bonds. The number of benzene rings is 2. The SMILES string of the molecule is Cc1cc(C)cc(NC(=O)C2CCN(S(=O)(=O)c3ccccc3F)CC2)c1. The highest BCUT2D eigenvalue weighted by molar-refractivity contribution is 7.89. The quantitative estimate of drug-likeness (QED) is 0.869. The van der Waals surface area contributed by atoms with Crippen molar-refractivity contribution in [1.82, 2.24) is 4.31 Å². The van der Waals surface area contributed by atoms with Crippen LogP contribution in [0.1, 0.15) is 24.0 Å². The number of sulfonamides is 1. The number of aryl methyl sites for hydroxylation is 2. The van der Waals surface area contributed by atoms with Crippen LogP contribution in [0.4, 0.5) is 10.1 Å². The van der Waals surface area contributed by atoms with Crippen molar-refractivity contribution in [2.75, 3.05) is 18.4 Å². The van der Waals surface area contributed by atoms with Gasteiger partial charge < -0.3 is 5.32 Å². The third-order valence-electron chi connectivity index (χ3n) is 4.77. The minimum atomic E-state index is -3.89. The van der Waals surface area contributed by atoms with Gasteiger partial charge in [-0.25, -0.2) is 12.8 Å². The van der Waals surface area contributed by atoms with Crippen LogP contribution in [0.5, 0.6) is 0 Å². The second-order valence-corrected chi connectivity index (χ2v) is 8.88. The standard InChI is InChI=1S/C20H23FN2O3S/c1-14-11-15(2)13-17(12-14)22-20(24)16-7-9-23(10-8-16)27(25,26)19-6-4-3-5-18(19)21/h3-6,11-13,16H,7-10H2,1-2H3,(H,22,24). The van der Waals surface area contributed by atoms with Gasteiger partial charge in [0.2, 0.25) is 15.9 Å². The Balaban J connectivity index is 1.64. The van der Waals surface area contributed by atoms with E-state index in [1.54, 1.807) is 0 Å². The van der Waals surface area contributed by atoms with E-state index < -0.39 is 15.8 Å². The van der Waals surface area contributed by atoms with Gasteiger partial charge in [-0.15, -0.1) is 0 Å². The fourth-order valence-corrected chi connectivity index (χ4v) is 4.98. The van der Waals surface area contributed by atoms with Crippen molar-refractivity contribution in [2.45, 2.75) is 31.6 Å². The van der Waals surface area contributed by atoms with Gasteiger partial charge in [0.25, 0.3) is 0 Å². The first kappa shape index (κ1) is 19.5. The molecule has 144 valence electrons. The molecule has 0 spiro atoms. The molecule has 2 aromatic carbocycles. The van der Waals surface area contributed by atoms with Gasteiger partial charge >= 0.3 is 0 Å². The lowest BCUT2D eigenvalue weighted by Gasteiger charge is -2.30. The minimum Gasteiger partial charge on any atom is -0.326 e. The van der Waals surface area contributed by atoms with Crippen molar-refractivity contribution in [1.29, 1.82) is 0 Å². The first-order valence-corrected chi connectivity index (χ1v) is 10.4. The summed E-state index contributed by atoms with van der Waals surface area (Å²) in [7, 11) is -3.89. The molecule has 1 heterocycles. The van der Waals surface area contributed by atoms with Crippen molar-refractivity contribution < 1.29 is 17.6 Å². The van der Waals surface area contributed by atoms with Crippen LogP contribution >= 0.6 is 0 Å². The Morgan fingerprint density at radius 1 is 1.07 bits per heavy atom. The summed E-state index contributed by atoms with van der Waals surface area (Å²) in [6.07, 6.45) is 0.814. The number of hydrogen-bond acceptors (Lipinski definition) is 3. The molecule has 0 atom stereocenters. The number of carbonyl (C=O) groups is 1. The second kappa shape index (κ2) is 7.78. The first-order chi connectivity index (χ1) is 12.8. The number of piperidine rings is 1. The minimum absolute atomic E-state index is 0.108. The molecule has 2 aromatic rings. The van der Waals surface area contributed by atoms with Crippen LogP contribution < -0.4 is 5.32 Å². The predicted molar refractivity (Wildman–Crippen MR) is 102 cm³/mol. The molecule has 1 saturated heterocycles. The topological polar surface area (TPSA) is 66.5 Å². The van der Waals surface area contributed by atoms with E-state index in [0.29, 0.717) is 12.8 Å². The molecule has 7 heteroatoms. The average Bonchev–Trinajstić information content (AvgIpc) is 2.61. The molecule has 0 saturated carbocycles. The predicted octanol–water partition coefficient (Wildman–Crippen LogP) is 3.48. The van der Waals surface area contributed by atoms with E-state index in [0.717, 1.165) is 22.9 Å². The fraction of sp³-hybridized carbons (Fsp3) is 0.350. The highest BCUT2D eigenvalue weighted by atomic mass is 32.2. The normalized spacial score (nSPS) is 16.3. The number of nitrogens with zero attached hydrogens (tertiary/aromatic N) is 1. The first-order valence-electron chi connectivity index (χ1n) is 8.91. The van der Waals surface area contributed by atoms with E-state index in [1.165, 1.54) is 22.5 Å². The van der Waals surface area contributed by atoms with Crippen molar-refractivity contribution in [3.63, 3.8) is 0 Å². The van der Waals surface area contributed by atoms with Gasteiger partial charge in [-0.05, 0) is 62.1 Å². The average molecular weight is 390 g/mol. The van der Waals surface area contributed by atoms with Crippen LogP contribution in [0.25, 0.3) is 0 Å². The molecular formula is C20H23FN2O3S. The molecule has 0 aromatic heterocycles. The van der Waals surface area contributed by atoms with E-state index in [2.05, 4.69) is 5.32 Å². The molecule has 3 rings (SSSR count). The maximum Gasteiger partial charge on any atom is 0.245 e. The molecule has 5 nitrogen and oxygen atoms in total. The van der Waals surface area contributed by atoms with Crippen molar-refractivity contribution in [3.05, 3.63) is 59.4 Å². The molecule has 27 heavy (non-hydrogen) atoms. The summed E-state index contributed by atoms with van der Waals surface area (Å²) in [4.78, 5) is 12.2. The molecular weight excluding hydrogens is 367 g/mol. The second-order valence-electron chi connectivity index (χ2n) is 6.97. The number of halogens is 1. The van der Waals surface area contributed by atoms with Crippen molar-refractivity contribution in [2.24, 2.45) is 5.92 Å². The van der Waals surface area contributed by atoms with Crippen LogP contribution in [0.2, 0.25) is 0 Å². The van der Waals surface area contributed by atoms with Crippen LogP contribution in [0, 0.1) is 25.6 Å². The Morgan fingerprint density at radius 3 is 2.26 bits per heavy atom. The number of hydrogen-bond donors (Lipinski definition) is 1. The summed E-state index contributed by atoms with van der Waals surface area (Å²) in [6, 6.07) is 11.2. The van der Waals surface area contributed by atoms with Gasteiger partial charge in [-0.3, -0.25) is 4.79 Å². The number of nitrogens with one attached hydrogen (secondary N) is 1. The molecule has 1 fully saturated rings. The molecule has 0 bridgehead atoms. The molecule has 1 aliphatic rings. The number of rotatable bonds is 4. The monoisotopic (exact) mass is 390 g/mol. The Bertz CT molecular complexity index is 931. The van der Waals surface area contributed by atoms with E-state index in [9.17, 15) is 17.6 Å². The van der Waals surface area contributed by atoms with E-state index in [-0.39, 0.29) is 29.8 Å². The van der Waals surface area contributed by atoms with Gasteiger partial charge in [0.1, 0.15) is 10.7 Å². The maximum absolute atomic E-state index is 13.9. The summed E-state index contributed by atoms with van der Waals surface area (Å²) in [5.74, 6) is -1.13. The van der Waals surface area contributed by atoms with Crippen LogP contribution in [0.3, 0.4) is 0 Å². The zero-order chi connectivity index (χ0) is 19.6. The highest BCUT2D eigenvalue weighted by Gasteiger charge is 2.33. The summed E-state index contributed by atoms with van der Waals surface area (Å²) in [5, 5.41) is 2.92. The maximum atomic E-state index is 13.9. The van der Waals surface area contributed by atoms with E-state index >= 15 is 0 Å². The Kier molecular flexibility index (Phi) is 5.62. The van der Waals surface area contributed by atoms with Gasteiger partial charge in [-0.1, -0.05) is 18.2 Å². The van der Waals surface area contributed by atoms with Crippen LogP contribution in [-0.4, -0.2) is 31.7 Å². The zero-order valence-electron chi connectivity index (χ0n) is 15.4. The Morgan fingerprint density at radius 2 is 1.67 bits per heavy atom. The summed E-state index contributed by atoms with van der Waals surface area (Å²) in [6.45, 7) is 4.33. The molecule has 0 radical (unpaired) electrons. The molecule has 0 unspecified atom stereocenters. The lowest BCUT2D eigenvalue weighted by molar-refractivity contribution is -0.120. The van der Waals surface area contributed by atoms with Gasteiger partial charge in [0, 0.05) is 24.7 Å². The zero-order valence-corrected chi connectivity index (χ0v) is 16.2. The van der Waals surface area contributed by atoms with Gasteiger partial charge in [0.15, 0.2) is 0 Å². The van der Waals surface area contributed by atoms with Crippen molar-refractivity contribution >= 4 is 21.6 Å². The number of carbonyl (C=O) groups excluding carboxylic acids is 1. The summed E-state index contributed by atoms with van der Waals surface area (Å²) in [5.41, 5.74) is 2.88. The lowest BCUT2D eigenvalue weighted by Crippen LogP contribution is -2.41. The number of amides is 1. The summed E-state index contributed by atoms with van der Waals surface area (Å²) < 4.78 is 40.4. The van der Waals surface area contributed by atoms with Crippen molar-refractivity contribution in [3.8, 4) is 0 Å². The lowest BCUT2D eigenvalue weighted by atomic mass is 9.97. The molecule has 1 N–H and O–H groups in total. The van der Waals surface area contributed by atoms with Crippen LogP contribution in [-0.2, 0) is 14.8 Å². The van der Waals surface area contributed by atoms with E-state index in [4.69, 9.17) is 0 Å². The Hall–Kier alpha value is -2.25. The third-order valence-corrected chi connectivity index (χ3v) is 6.70. The molecule has 0 aliphatic carbocycles. The third kappa shape index (κ3) is 4.36. The highest BCUT2D eigenvalue weighted by Crippen LogP contribution is 2.26. The Labute approximate surface area is 159 Å². The fourth-order valence-electron chi connectivity index (χ4n) is 3.44. The van der Waals surface area contributed by atoms with Crippen LogP contribution in [0.15, 0.2) is 47.4 Å². The van der Waals surface area contributed by atoms with E-state index in [1.807, 2.05) is 32.0 Å².